The van der Waals surface area contributed by atoms with E-state index in [4.69, 9.17) is 11.6 Å². The first-order valence-corrected chi connectivity index (χ1v) is 9.28. The third kappa shape index (κ3) is 2.98. The van der Waals surface area contributed by atoms with Crippen LogP contribution in [0.4, 0.5) is 10.1 Å². The number of benzene rings is 1. The van der Waals surface area contributed by atoms with E-state index in [1.165, 1.54) is 17.0 Å². The maximum absolute atomic E-state index is 13.5. The van der Waals surface area contributed by atoms with Gasteiger partial charge in [-0.15, -0.1) is 0 Å². The number of sulfone groups is 1. The average molecular weight is 347 g/mol. The van der Waals surface area contributed by atoms with Crippen molar-refractivity contribution >= 4 is 33.0 Å². The van der Waals surface area contributed by atoms with Crippen LogP contribution in [0.1, 0.15) is 6.42 Å². The van der Waals surface area contributed by atoms with Gasteiger partial charge in [0.1, 0.15) is 5.82 Å². The van der Waals surface area contributed by atoms with Crippen molar-refractivity contribution < 1.29 is 17.6 Å². The Labute approximate surface area is 133 Å². The molecule has 0 aliphatic carbocycles. The van der Waals surface area contributed by atoms with E-state index in [0.29, 0.717) is 31.7 Å². The topological polar surface area (TPSA) is 57.7 Å². The molecule has 0 saturated carbocycles. The molecule has 1 amide bonds. The largest absolute Gasteiger partial charge is 0.311 e. The second kappa shape index (κ2) is 5.79. The summed E-state index contributed by atoms with van der Waals surface area (Å²) in [6.45, 7) is 1.25. The fourth-order valence-corrected chi connectivity index (χ4v) is 4.30. The van der Waals surface area contributed by atoms with Crippen LogP contribution in [0.15, 0.2) is 18.2 Å². The first-order valence-electron chi connectivity index (χ1n) is 7.08. The van der Waals surface area contributed by atoms with Crippen molar-refractivity contribution in [3.8, 4) is 0 Å². The minimum Gasteiger partial charge on any atom is -0.311 e. The summed E-state index contributed by atoms with van der Waals surface area (Å²) in [7, 11) is -2.97. The highest BCUT2D eigenvalue weighted by atomic mass is 35.5. The lowest BCUT2D eigenvalue weighted by atomic mass is 10.2. The van der Waals surface area contributed by atoms with Crippen LogP contribution in [-0.2, 0) is 14.6 Å². The lowest BCUT2D eigenvalue weighted by Gasteiger charge is -2.31. The summed E-state index contributed by atoms with van der Waals surface area (Å²) >= 11 is 5.66. The van der Waals surface area contributed by atoms with Gasteiger partial charge in [-0.1, -0.05) is 11.6 Å². The molecule has 1 atom stereocenters. The molecule has 2 aliphatic rings. The van der Waals surface area contributed by atoms with Crippen LogP contribution in [0.25, 0.3) is 0 Å². The zero-order chi connectivity index (χ0) is 15.9. The van der Waals surface area contributed by atoms with Crippen molar-refractivity contribution in [2.75, 3.05) is 36.0 Å². The molecule has 0 aromatic heterocycles. The minimum absolute atomic E-state index is 0.0215. The van der Waals surface area contributed by atoms with Gasteiger partial charge < -0.3 is 4.90 Å². The smallest absolute Gasteiger partial charge is 0.244 e. The van der Waals surface area contributed by atoms with Gasteiger partial charge in [-0.3, -0.25) is 9.69 Å². The molecule has 22 heavy (non-hydrogen) atoms. The van der Waals surface area contributed by atoms with E-state index in [-0.39, 0.29) is 28.5 Å². The van der Waals surface area contributed by atoms with Gasteiger partial charge in [0, 0.05) is 25.3 Å². The van der Waals surface area contributed by atoms with Gasteiger partial charge in [0.2, 0.25) is 5.91 Å². The van der Waals surface area contributed by atoms with E-state index in [1.54, 1.807) is 6.07 Å². The Morgan fingerprint density at radius 3 is 2.50 bits per heavy atom. The molecule has 0 unspecified atom stereocenters. The van der Waals surface area contributed by atoms with Crippen molar-refractivity contribution in [3.63, 3.8) is 0 Å². The van der Waals surface area contributed by atoms with Crippen molar-refractivity contribution in [1.29, 1.82) is 0 Å². The maximum Gasteiger partial charge on any atom is 0.244 e. The molecule has 0 radical (unpaired) electrons. The molecular formula is C14H16ClFN2O3S. The first-order chi connectivity index (χ1) is 10.4. The summed E-state index contributed by atoms with van der Waals surface area (Å²) in [5, 5.41) is 0.0215. The molecule has 2 saturated heterocycles. The Hall–Kier alpha value is -1.18. The van der Waals surface area contributed by atoms with E-state index in [9.17, 15) is 17.6 Å². The van der Waals surface area contributed by atoms with Crippen LogP contribution in [-0.4, -0.2) is 56.4 Å². The van der Waals surface area contributed by atoms with E-state index in [1.807, 2.05) is 4.90 Å². The molecule has 0 N–H and O–H groups in total. The SMILES string of the molecule is O=C1[C@@H](N2CCS(=O)(=O)CC2)CCN1c1ccc(Cl)c(F)c1. The Kier molecular flexibility index (Phi) is 4.13. The monoisotopic (exact) mass is 346 g/mol. The fourth-order valence-electron chi connectivity index (χ4n) is 2.95. The van der Waals surface area contributed by atoms with Gasteiger partial charge in [0.05, 0.1) is 22.6 Å². The molecule has 1 aromatic rings. The minimum atomic E-state index is -2.97. The van der Waals surface area contributed by atoms with Crippen LogP contribution in [0, 0.1) is 5.82 Å². The van der Waals surface area contributed by atoms with Gasteiger partial charge in [0.25, 0.3) is 0 Å². The number of rotatable bonds is 2. The Bertz CT molecular complexity index is 696. The van der Waals surface area contributed by atoms with E-state index < -0.39 is 15.7 Å². The summed E-state index contributed by atoms with van der Waals surface area (Å²) in [5.41, 5.74) is 0.485. The number of halogens is 2. The molecule has 2 fully saturated rings. The average Bonchev–Trinajstić information content (AvgIpc) is 2.84. The Morgan fingerprint density at radius 1 is 1.18 bits per heavy atom. The molecule has 2 aliphatic heterocycles. The number of carbonyl (C=O) groups is 1. The van der Waals surface area contributed by atoms with Gasteiger partial charge >= 0.3 is 0 Å². The van der Waals surface area contributed by atoms with Gasteiger partial charge in [-0.05, 0) is 24.6 Å². The van der Waals surface area contributed by atoms with Gasteiger partial charge in [0.15, 0.2) is 9.84 Å². The van der Waals surface area contributed by atoms with Crippen molar-refractivity contribution in [3.05, 3.63) is 29.0 Å². The van der Waals surface area contributed by atoms with E-state index in [2.05, 4.69) is 0 Å². The lowest BCUT2D eigenvalue weighted by molar-refractivity contribution is -0.121. The summed E-state index contributed by atoms with van der Waals surface area (Å²) in [6.07, 6.45) is 0.614. The van der Waals surface area contributed by atoms with Crippen LogP contribution in [0.5, 0.6) is 0 Å². The predicted octanol–water partition coefficient (Wildman–Crippen LogP) is 1.31. The molecule has 8 heteroatoms. The summed E-state index contributed by atoms with van der Waals surface area (Å²) < 4.78 is 36.5. The number of amides is 1. The fraction of sp³-hybridized carbons (Fsp3) is 0.500. The van der Waals surface area contributed by atoms with Crippen LogP contribution >= 0.6 is 11.6 Å². The van der Waals surface area contributed by atoms with Crippen molar-refractivity contribution in [1.82, 2.24) is 4.90 Å². The van der Waals surface area contributed by atoms with Gasteiger partial charge in [-0.2, -0.15) is 0 Å². The molecule has 3 rings (SSSR count). The Balaban J connectivity index is 1.73. The van der Waals surface area contributed by atoms with Gasteiger partial charge in [-0.25, -0.2) is 12.8 Å². The molecular weight excluding hydrogens is 331 g/mol. The highest BCUT2D eigenvalue weighted by molar-refractivity contribution is 7.91. The molecule has 1 aromatic carbocycles. The molecule has 120 valence electrons. The second-order valence-corrected chi connectivity index (χ2v) is 8.29. The molecule has 2 heterocycles. The number of hydrogen-bond donors (Lipinski definition) is 0. The third-order valence-corrected chi connectivity index (χ3v) is 6.13. The molecule has 5 nitrogen and oxygen atoms in total. The highest BCUT2D eigenvalue weighted by Gasteiger charge is 2.38. The number of hydrogen-bond acceptors (Lipinski definition) is 4. The second-order valence-electron chi connectivity index (χ2n) is 5.58. The zero-order valence-electron chi connectivity index (χ0n) is 11.8. The van der Waals surface area contributed by atoms with E-state index in [0.717, 1.165) is 0 Å². The number of carbonyl (C=O) groups excluding carboxylic acids is 1. The van der Waals surface area contributed by atoms with E-state index >= 15 is 0 Å². The lowest BCUT2D eigenvalue weighted by Crippen LogP contribution is -2.49. The first kappa shape index (κ1) is 15.7. The predicted molar refractivity (Wildman–Crippen MR) is 82.4 cm³/mol. The third-order valence-electron chi connectivity index (χ3n) is 4.21. The Morgan fingerprint density at radius 2 is 1.86 bits per heavy atom. The normalized spacial score (nSPS) is 25.6. The van der Waals surface area contributed by atoms with Crippen LogP contribution < -0.4 is 4.90 Å². The standard InChI is InChI=1S/C14H16ClFN2O3S/c15-11-2-1-10(9-12(11)16)18-4-3-13(14(18)19)17-5-7-22(20,21)8-6-17/h1-2,9,13H,3-8H2/t13-/m0/s1. The summed E-state index contributed by atoms with van der Waals surface area (Å²) in [5.74, 6) is -0.487. The van der Waals surface area contributed by atoms with Crippen LogP contribution in [0.3, 0.4) is 0 Å². The number of anilines is 1. The van der Waals surface area contributed by atoms with Crippen molar-refractivity contribution in [2.24, 2.45) is 0 Å². The molecule has 0 spiro atoms. The maximum atomic E-state index is 13.5. The van der Waals surface area contributed by atoms with Crippen LogP contribution in [0.2, 0.25) is 5.02 Å². The quantitative estimate of drug-likeness (QED) is 0.810. The summed E-state index contributed by atoms with van der Waals surface area (Å²) in [4.78, 5) is 16.0. The number of nitrogens with zero attached hydrogens (tertiary/aromatic N) is 2. The van der Waals surface area contributed by atoms with Crippen molar-refractivity contribution in [2.45, 2.75) is 12.5 Å². The molecule has 0 bridgehead atoms. The highest BCUT2D eigenvalue weighted by Crippen LogP contribution is 2.28. The summed E-state index contributed by atoms with van der Waals surface area (Å²) in [6, 6.07) is 3.98. The zero-order valence-corrected chi connectivity index (χ0v) is 13.4.